The molecule has 0 aromatic heterocycles. The average molecular weight is 449 g/mol. The first kappa shape index (κ1) is 24.2. The zero-order chi connectivity index (χ0) is 22.9. The maximum atomic E-state index is 12.1. The summed E-state index contributed by atoms with van der Waals surface area (Å²) in [6.45, 7) is 2.72. The third-order valence-electron chi connectivity index (χ3n) is 4.17. The molecule has 3 N–H and O–H groups in total. The number of carbonyl (C=O) groups is 3. The van der Waals surface area contributed by atoms with E-state index in [0.29, 0.717) is 29.3 Å². The summed E-state index contributed by atoms with van der Waals surface area (Å²) in [7, 11) is 0. The van der Waals surface area contributed by atoms with Gasteiger partial charge in [0.2, 0.25) is 6.79 Å². The molecule has 0 saturated heterocycles. The summed E-state index contributed by atoms with van der Waals surface area (Å²) in [6, 6.07) is 13.8. The molecule has 0 atom stereocenters. The Kier molecular flexibility index (Phi) is 8.84. The summed E-state index contributed by atoms with van der Waals surface area (Å²) in [5, 5.41) is 3.42. The van der Waals surface area contributed by atoms with E-state index in [2.05, 4.69) is 10.1 Å². The first-order chi connectivity index (χ1) is 14.7. The highest BCUT2D eigenvalue weighted by Gasteiger charge is 2.32. The molecule has 0 aliphatic heterocycles. The van der Waals surface area contributed by atoms with Gasteiger partial charge < -0.3 is 25.3 Å². The summed E-state index contributed by atoms with van der Waals surface area (Å²) >= 11 is 5.82. The third-order valence-corrected chi connectivity index (χ3v) is 4.42. The lowest BCUT2D eigenvalue weighted by Crippen LogP contribution is -2.40. The van der Waals surface area contributed by atoms with Gasteiger partial charge in [-0.2, -0.15) is 0 Å². The molecule has 2 rings (SSSR count). The SMILES string of the molecule is CC(C)(Oc1ccc(CCNC(=O)c2ccc(Cl)cc2)cc1)C(=O)OCOC(=O)CN. The van der Waals surface area contributed by atoms with Crippen LogP contribution in [0.2, 0.25) is 5.02 Å². The number of hydrogen-bond donors (Lipinski definition) is 2. The molecule has 31 heavy (non-hydrogen) atoms. The van der Waals surface area contributed by atoms with E-state index in [0.717, 1.165) is 5.56 Å². The third kappa shape index (κ3) is 7.92. The van der Waals surface area contributed by atoms with Crippen LogP contribution in [0.1, 0.15) is 29.8 Å². The zero-order valence-electron chi connectivity index (χ0n) is 17.4. The molecule has 2 aromatic rings. The van der Waals surface area contributed by atoms with Gasteiger partial charge >= 0.3 is 11.9 Å². The van der Waals surface area contributed by atoms with Crippen molar-refractivity contribution in [3.8, 4) is 5.75 Å². The van der Waals surface area contributed by atoms with Crippen molar-refractivity contribution < 1.29 is 28.6 Å². The molecule has 0 unspecified atom stereocenters. The van der Waals surface area contributed by atoms with Gasteiger partial charge in [0.1, 0.15) is 5.75 Å². The van der Waals surface area contributed by atoms with Gasteiger partial charge in [-0.15, -0.1) is 0 Å². The Labute approximate surface area is 185 Å². The minimum atomic E-state index is -1.29. The van der Waals surface area contributed by atoms with Crippen LogP contribution in [0.4, 0.5) is 0 Å². The van der Waals surface area contributed by atoms with Crippen molar-refractivity contribution in [3.63, 3.8) is 0 Å². The number of nitrogens with two attached hydrogens (primary N) is 1. The molecule has 8 nitrogen and oxygen atoms in total. The number of esters is 2. The number of rotatable bonds is 10. The van der Waals surface area contributed by atoms with E-state index < -0.39 is 24.3 Å². The van der Waals surface area contributed by atoms with E-state index in [1.165, 1.54) is 0 Å². The van der Waals surface area contributed by atoms with Gasteiger partial charge in [-0.3, -0.25) is 9.59 Å². The quantitative estimate of drug-likeness (QED) is 0.423. The van der Waals surface area contributed by atoms with E-state index in [9.17, 15) is 14.4 Å². The van der Waals surface area contributed by atoms with Crippen LogP contribution in [0.15, 0.2) is 48.5 Å². The molecule has 0 radical (unpaired) electrons. The number of nitrogens with one attached hydrogen (secondary N) is 1. The molecule has 0 spiro atoms. The fourth-order valence-corrected chi connectivity index (χ4v) is 2.59. The minimum absolute atomic E-state index is 0.172. The first-order valence-corrected chi connectivity index (χ1v) is 9.93. The lowest BCUT2D eigenvalue weighted by molar-refractivity contribution is -0.176. The Morgan fingerprint density at radius 1 is 1.00 bits per heavy atom. The second-order valence-corrected chi connectivity index (χ2v) is 7.48. The van der Waals surface area contributed by atoms with Crippen molar-refractivity contribution in [1.29, 1.82) is 0 Å². The fourth-order valence-electron chi connectivity index (χ4n) is 2.47. The van der Waals surface area contributed by atoms with Gasteiger partial charge in [0.25, 0.3) is 5.91 Å². The summed E-state index contributed by atoms with van der Waals surface area (Å²) in [6.07, 6.45) is 0.623. The maximum absolute atomic E-state index is 12.1. The van der Waals surface area contributed by atoms with Crippen LogP contribution in [0, 0.1) is 0 Å². The van der Waals surface area contributed by atoms with Gasteiger partial charge in [0, 0.05) is 17.1 Å². The Balaban J connectivity index is 1.80. The van der Waals surface area contributed by atoms with Crippen LogP contribution in [-0.2, 0) is 25.5 Å². The Morgan fingerprint density at radius 3 is 2.26 bits per heavy atom. The summed E-state index contributed by atoms with van der Waals surface area (Å²) < 4.78 is 15.2. The summed E-state index contributed by atoms with van der Waals surface area (Å²) in [5.41, 5.74) is 5.34. The molecular weight excluding hydrogens is 424 g/mol. The highest BCUT2D eigenvalue weighted by Crippen LogP contribution is 2.20. The van der Waals surface area contributed by atoms with Crippen LogP contribution < -0.4 is 15.8 Å². The minimum Gasteiger partial charge on any atom is -0.476 e. The lowest BCUT2D eigenvalue weighted by atomic mass is 10.1. The molecule has 9 heteroatoms. The second-order valence-electron chi connectivity index (χ2n) is 7.04. The molecule has 0 bridgehead atoms. The van der Waals surface area contributed by atoms with E-state index in [1.54, 1.807) is 50.2 Å². The predicted molar refractivity (Wildman–Crippen MR) is 115 cm³/mol. The standard InChI is InChI=1S/C22H25ClN2O6/c1-22(2,21(28)30-14-29-19(26)13-24)31-18-9-3-15(4-10-18)11-12-25-20(27)16-5-7-17(23)8-6-16/h3-10H,11-14,24H2,1-2H3,(H,25,27). The van der Waals surface area contributed by atoms with Crippen LogP contribution in [0.5, 0.6) is 5.75 Å². The molecule has 2 aromatic carbocycles. The normalized spacial score (nSPS) is 10.8. The van der Waals surface area contributed by atoms with E-state index in [-0.39, 0.29) is 12.5 Å². The number of hydrogen-bond acceptors (Lipinski definition) is 7. The molecule has 0 saturated carbocycles. The van der Waals surface area contributed by atoms with Crippen molar-refractivity contribution in [2.24, 2.45) is 5.73 Å². The van der Waals surface area contributed by atoms with Crippen molar-refractivity contribution in [3.05, 3.63) is 64.7 Å². The van der Waals surface area contributed by atoms with Gasteiger partial charge in [-0.25, -0.2) is 4.79 Å². The Hall–Kier alpha value is -3.10. The predicted octanol–water partition coefficient (Wildman–Crippen LogP) is 2.47. The fraction of sp³-hybridized carbons (Fsp3) is 0.318. The van der Waals surface area contributed by atoms with E-state index in [1.807, 2.05) is 12.1 Å². The summed E-state index contributed by atoms with van der Waals surface area (Å²) in [5.74, 6) is -1.07. The number of benzene rings is 2. The number of ether oxygens (including phenoxy) is 3. The molecule has 0 heterocycles. The topological polar surface area (TPSA) is 117 Å². The van der Waals surface area contributed by atoms with Crippen LogP contribution in [0.25, 0.3) is 0 Å². The van der Waals surface area contributed by atoms with Crippen LogP contribution >= 0.6 is 11.6 Å². The van der Waals surface area contributed by atoms with Gasteiger partial charge in [-0.05, 0) is 62.2 Å². The number of carbonyl (C=O) groups excluding carboxylic acids is 3. The molecule has 0 fully saturated rings. The Morgan fingerprint density at radius 2 is 1.65 bits per heavy atom. The smallest absolute Gasteiger partial charge is 0.352 e. The van der Waals surface area contributed by atoms with Gasteiger partial charge in [0.05, 0.1) is 6.54 Å². The van der Waals surface area contributed by atoms with E-state index in [4.69, 9.17) is 26.8 Å². The maximum Gasteiger partial charge on any atom is 0.352 e. The monoisotopic (exact) mass is 448 g/mol. The van der Waals surface area contributed by atoms with Gasteiger partial charge in [0.15, 0.2) is 5.60 Å². The zero-order valence-corrected chi connectivity index (χ0v) is 18.1. The molecule has 0 aliphatic carbocycles. The van der Waals surface area contributed by atoms with Crippen LogP contribution in [-0.4, -0.2) is 43.3 Å². The van der Waals surface area contributed by atoms with Crippen molar-refractivity contribution >= 4 is 29.4 Å². The molecule has 1 amide bonds. The van der Waals surface area contributed by atoms with E-state index >= 15 is 0 Å². The van der Waals surface area contributed by atoms with Gasteiger partial charge in [-0.1, -0.05) is 23.7 Å². The first-order valence-electron chi connectivity index (χ1n) is 9.56. The van der Waals surface area contributed by atoms with Crippen molar-refractivity contribution in [2.75, 3.05) is 19.9 Å². The van der Waals surface area contributed by atoms with Crippen LogP contribution in [0.3, 0.4) is 0 Å². The number of amides is 1. The number of halogens is 1. The van der Waals surface area contributed by atoms with Crippen molar-refractivity contribution in [2.45, 2.75) is 25.9 Å². The summed E-state index contributed by atoms with van der Waals surface area (Å²) in [4.78, 5) is 35.2. The molecular formula is C22H25ClN2O6. The molecule has 166 valence electrons. The largest absolute Gasteiger partial charge is 0.476 e. The van der Waals surface area contributed by atoms with Crippen molar-refractivity contribution in [1.82, 2.24) is 5.32 Å². The lowest BCUT2D eigenvalue weighted by Gasteiger charge is -2.24. The average Bonchev–Trinajstić information content (AvgIpc) is 2.74. The molecule has 0 aliphatic rings. The highest BCUT2D eigenvalue weighted by molar-refractivity contribution is 6.30. The Bertz CT molecular complexity index is 897. The highest BCUT2D eigenvalue weighted by atomic mass is 35.5. The second kappa shape index (κ2) is 11.3.